The van der Waals surface area contributed by atoms with Gasteiger partial charge in [0.2, 0.25) is 0 Å². The van der Waals surface area contributed by atoms with Gasteiger partial charge in [-0.25, -0.2) is 9.97 Å². The number of aromatic nitrogens is 2. The number of rotatable bonds is 0. The smallest absolute Gasteiger partial charge is 0.129 e. The fourth-order valence-electron chi connectivity index (χ4n) is 1.40. The lowest BCUT2D eigenvalue weighted by atomic mass is 10.2. The van der Waals surface area contributed by atoms with Gasteiger partial charge >= 0.3 is 0 Å². The van der Waals surface area contributed by atoms with E-state index in [0.717, 1.165) is 22.0 Å². The molecule has 0 saturated heterocycles. The minimum absolute atomic E-state index is 0.759. The van der Waals surface area contributed by atoms with Crippen molar-refractivity contribution in [3.63, 3.8) is 0 Å². The summed E-state index contributed by atoms with van der Waals surface area (Å²) in [6.07, 6.45) is 1.76. The normalized spacial score (nSPS) is 10.2. The van der Waals surface area contributed by atoms with Crippen LogP contribution in [0, 0.1) is 30.2 Å². The molecule has 0 radical (unpaired) electrons. The Bertz CT molecular complexity index is 733. The summed E-state index contributed by atoms with van der Waals surface area (Å²) in [5.41, 5.74) is 5.76. The molecule has 0 saturated carbocycles. The molecule has 0 spiro atoms. The molecule has 0 amide bonds. The van der Waals surface area contributed by atoms with Crippen LogP contribution in [0.1, 0.15) is 22.0 Å². The van der Waals surface area contributed by atoms with Gasteiger partial charge in [0.1, 0.15) is 19.5 Å². The minimum Gasteiger partial charge on any atom is -0.246 e. The molecule has 2 aromatic rings. The quantitative estimate of drug-likeness (QED) is 0.549. The first-order valence-electron chi connectivity index (χ1n) is 6.36. The van der Waals surface area contributed by atoms with E-state index in [1.807, 2.05) is 24.4 Å². The molecule has 2 rings (SSSR count). The summed E-state index contributed by atoms with van der Waals surface area (Å²) in [6, 6.07) is 3.84. The van der Waals surface area contributed by atoms with E-state index < -0.39 is 8.07 Å². The van der Waals surface area contributed by atoms with E-state index in [4.69, 9.17) is 0 Å². The zero-order valence-electron chi connectivity index (χ0n) is 12.1. The molecule has 2 nitrogen and oxygen atoms in total. The molecular weight excluding hydrogens is 280 g/mol. The van der Waals surface area contributed by atoms with Gasteiger partial charge in [-0.1, -0.05) is 31.5 Å². The van der Waals surface area contributed by atoms with Gasteiger partial charge in [0.25, 0.3) is 0 Å². The molecule has 0 N–H and O–H groups in total. The molecule has 0 fully saturated rings. The maximum Gasteiger partial charge on any atom is 0.129 e. The second kappa shape index (κ2) is 6.05. The lowest BCUT2D eigenvalue weighted by Crippen LogP contribution is -2.16. The molecule has 100 valence electrons. The van der Waals surface area contributed by atoms with Gasteiger partial charge in [0.15, 0.2) is 0 Å². The van der Waals surface area contributed by atoms with Crippen LogP contribution < -0.4 is 0 Å². The molecule has 20 heavy (non-hydrogen) atoms. The van der Waals surface area contributed by atoms with Crippen molar-refractivity contribution in [2.45, 2.75) is 26.6 Å². The Hall–Kier alpha value is -1.88. The van der Waals surface area contributed by atoms with Crippen LogP contribution in [0.15, 0.2) is 23.7 Å². The van der Waals surface area contributed by atoms with Crippen molar-refractivity contribution in [1.82, 2.24) is 9.97 Å². The van der Waals surface area contributed by atoms with Crippen molar-refractivity contribution in [2.24, 2.45) is 0 Å². The maximum absolute atomic E-state index is 4.34. The second-order valence-electron chi connectivity index (χ2n) is 5.40. The average Bonchev–Trinajstić information content (AvgIpc) is 2.80. The summed E-state index contributed by atoms with van der Waals surface area (Å²) in [4.78, 5) is 8.66. The van der Waals surface area contributed by atoms with Crippen LogP contribution in [-0.4, -0.2) is 18.0 Å². The highest BCUT2D eigenvalue weighted by Gasteiger charge is 2.08. The predicted molar refractivity (Wildman–Crippen MR) is 87.3 cm³/mol. The first-order chi connectivity index (χ1) is 9.44. The minimum atomic E-state index is -1.41. The van der Waals surface area contributed by atoms with Crippen LogP contribution in [-0.2, 0) is 0 Å². The average molecular weight is 296 g/mol. The third kappa shape index (κ3) is 4.34. The van der Waals surface area contributed by atoms with Crippen LogP contribution in [0.3, 0.4) is 0 Å². The van der Waals surface area contributed by atoms with Gasteiger partial charge in [0.05, 0.1) is 10.6 Å². The van der Waals surface area contributed by atoms with Crippen LogP contribution in [0.2, 0.25) is 19.6 Å². The maximum atomic E-state index is 4.34. The summed E-state index contributed by atoms with van der Waals surface area (Å²) in [7, 11) is -1.41. The lowest BCUT2D eigenvalue weighted by molar-refractivity contribution is 1.26. The zero-order valence-corrected chi connectivity index (χ0v) is 13.9. The number of pyridine rings is 1. The molecular formula is C16H16N2SSi. The Kier molecular flexibility index (Phi) is 4.39. The fourth-order valence-corrected chi connectivity index (χ4v) is 2.44. The Labute approximate surface area is 125 Å². The molecule has 0 aromatic carbocycles. The summed E-state index contributed by atoms with van der Waals surface area (Å²) < 4.78 is 0. The third-order valence-corrected chi connectivity index (χ3v) is 3.96. The van der Waals surface area contributed by atoms with Crippen LogP contribution in [0.5, 0.6) is 0 Å². The van der Waals surface area contributed by atoms with Crippen LogP contribution in [0.4, 0.5) is 0 Å². The van der Waals surface area contributed by atoms with E-state index in [1.165, 1.54) is 0 Å². The summed E-state index contributed by atoms with van der Waals surface area (Å²) in [6.45, 7) is 8.62. The standard InChI is InChI=1S/C16H16N2SSi/c1-13-18-15(12-19-13)8-7-14-6-5-10-17-16(14)9-11-20(2,3)4/h5-6,10,12H,1-4H3. The summed E-state index contributed by atoms with van der Waals surface area (Å²) >= 11 is 1.61. The van der Waals surface area contributed by atoms with Crippen molar-refractivity contribution < 1.29 is 0 Å². The Morgan fingerprint density at radius 3 is 2.60 bits per heavy atom. The SMILES string of the molecule is Cc1nc(C#Cc2cccnc2C#C[Si](C)(C)C)cs1. The highest BCUT2D eigenvalue weighted by molar-refractivity contribution is 7.09. The van der Waals surface area contributed by atoms with E-state index in [2.05, 4.69) is 52.9 Å². The van der Waals surface area contributed by atoms with Crippen LogP contribution >= 0.6 is 11.3 Å². The topological polar surface area (TPSA) is 25.8 Å². The van der Waals surface area contributed by atoms with Crippen LogP contribution in [0.25, 0.3) is 0 Å². The molecule has 0 atom stereocenters. The third-order valence-electron chi connectivity index (χ3n) is 2.31. The van der Waals surface area contributed by atoms with E-state index in [9.17, 15) is 0 Å². The predicted octanol–water partition coefficient (Wildman–Crippen LogP) is 3.48. The van der Waals surface area contributed by atoms with E-state index in [1.54, 1.807) is 17.5 Å². The molecule has 0 aliphatic heterocycles. The molecule has 4 heteroatoms. The van der Waals surface area contributed by atoms with E-state index in [-0.39, 0.29) is 0 Å². The number of nitrogens with zero attached hydrogens (tertiary/aromatic N) is 2. The van der Waals surface area contributed by atoms with E-state index >= 15 is 0 Å². The van der Waals surface area contributed by atoms with Gasteiger partial charge < -0.3 is 0 Å². The zero-order chi connectivity index (χ0) is 14.6. The van der Waals surface area contributed by atoms with Crippen molar-refractivity contribution in [2.75, 3.05) is 0 Å². The number of hydrogen-bond donors (Lipinski definition) is 0. The molecule has 0 aliphatic rings. The summed E-state index contributed by atoms with van der Waals surface area (Å²) in [5, 5.41) is 2.99. The lowest BCUT2D eigenvalue weighted by Gasteiger charge is -2.03. The first kappa shape index (κ1) is 14.5. The largest absolute Gasteiger partial charge is 0.246 e. The summed E-state index contributed by atoms with van der Waals surface area (Å²) in [5.74, 6) is 9.37. The number of aryl methyl sites for hydroxylation is 1. The monoisotopic (exact) mass is 296 g/mol. The molecule has 0 bridgehead atoms. The Morgan fingerprint density at radius 1 is 1.15 bits per heavy atom. The Balaban J connectivity index is 2.33. The van der Waals surface area contributed by atoms with Gasteiger partial charge in [-0.3, -0.25) is 0 Å². The Morgan fingerprint density at radius 2 is 1.95 bits per heavy atom. The van der Waals surface area contributed by atoms with Crippen molar-refractivity contribution in [3.8, 4) is 23.3 Å². The van der Waals surface area contributed by atoms with E-state index in [0.29, 0.717) is 0 Å². The fraction of sp³-hybridized carbons (Fsp3) is 0.250. The second-order valence-corrected chi connectivity index (χ2v) is 11.2. The molecule has 2 aromatic heterocycles. The first-order valence-corrected chi connectivity index (χ1v) is 10.7. The van der Waals surface area contributed by atoms with Gasteiger partial charge in [-0.05, 0) is 25.0 Å². The van der Waals surface area contributed by atoms with Crippen molar-refractivity contribution in [1.29, 1.82) is 0 Å². The van der Waals surface area contributed by atoms with Gasteiger partial charge in [0, 0.05) is 11.6 Å². The van der Waals surface area contributed by atoms with Crippen molar-refractivity contribution in [3.05, 3.63) is 45.7 Å². The molecule has 0 unspecified atom stereocenters. The number of hydrogen-bond acceptors (Lipinski definition) is 3. The highest BCUT2D eigenvalue weighted by Crippen LogP contribution is 2.08. The molecule has 0 aliphatic carbocycles. The van der Waals surface area contributed by atoms with Crippen molar-refractivity contribution >= 4 is 19.4 Å². The number of thiazole rings is 1. The van der Waals surface area contributed by atoms with Gasteiger partial charge in [-0.15, -0.1) is 16.9 Å². The molecule has 2 heterocycles. The van der Waals surface area contributed by atoms with Gasteiger partial charge in [-0.2, -0.15) is 0 Å². The highest BCUT2D eigenvalue weighted by atomic mass is 32.1.